The van der Waals surface area contributed by atoms with Gasteiger partial charge in [0.15, 0.2) is 0 Å². The zero-order valence-corrected chi connectivity index (χ0v) is 9.52. The molecule has 1 aromatic heterocycles. The van der Waals surface area contributed by atoms with Crippen LogP contribution in [0, 0.1) is 5.82 Å². The molecule has 0 amide bonds. The molecule has 0 bridgehead atoms. The van der Waals surface area contributed by atoms with Crippen LogP contribution in [-0.2, 0) is 13.0 Å². The number of aromatic nitrogens is 1. The summed E-state index contributed by atoms with van der Waals surface area (Å²) in [5.74, 6) is -0.161. The number of H-pyrrole nitrogens is 1. The monoisotopic (exact) mass is 218 g/mol. The molecule has 1 aliphatic heterocycles. The fraction of sp³-hybridized carbons (Fsp3) is 0.385. The van der Waals surface area contributed by atoms with Crippen molar-refractivity contribution in [1.29, 1.82) is 0 Å². The third-order valence-electron chi connectivity index (χ3n) is 3.32. The quantitative estimate of drug-likeness (QED) is 0.699. The van der Waals surface area contributed by atoms with Gasteiger partial charge in [-0.3, -0.25) is 0 Å². The number of benzene rings is 1. The fourth-order valence-electron chi connectivity index (χ4n) is 2.46. The van der Waals surface area contributed by atoms with Gasteiger partial charge in [0.05, 0.1) is 0 Å². The van der Waals surface area contributed by atoms with E-state index in [0.717, 1.165) is 23.9 Å². The zero-order chi connectivity index (χ0) is 11.3. The number of hydrogen-bond donors (Lipinski definition) is 2. The summed E-state index contributed by atoms with van der Waals surface area (Å²) in [6.07, 6.45) is 0.936. The standard InChI is InChI=1S/C13H15FN2/c1-13(2)6-10-9-5-8(14)3-4-11(9)16-12(10)7-15-13/h3-5,15-16H,6-7H2,1-2H3. The summed E-state index contributed by atoms with van der Waals surface area (Å²) in [5, 5.41) is 4.50. The van der Waals surface area contributed by atoms with E-state index in [2.05, 4.69) is 24.1 Å². The van der Waals surface area contributed by atoms with Crippen LogP contribution in [0.5, 0.6) is 0 Å². The molecule has 16 heavy (non-hydrogen) atoms. The van der Waals surface area contributed by atoms with Gasteiger partial charge in [0.1, 0.15) is 5.82 Å². The van der Waals surface area contributed by atoms with Gasteiger partial charge in [0.2, 0.25) is 0 Å². The average molecular weight is 218 g/mol. The van der Waals surface area contributed by atoms with E-state index in [4.69, 9.17) is 0 Å². The molecule has 0 saturated carbocycles. The van der Waals surface area contributed by atoms with Crippen molar-refractivity contribution >= 4 is 10.9 Å². The van der Waals surface area contributed by atoms with Crippen molar-refractivity contribution in [3.05, 3.63) is 35.3 Å². The first-order valence-corrected chi connectivity index (χ1v) is 5.59. The number of nitrogens with one attached hydrogen (secondary N) is 2. The predicted octanol–water partition coefficient (Wildman–Crippen LogP) is 2.73. The first-order chi connectivity index (χ1) is 7.55. The summed E-state index contributed by atoms with van der Waals surface area (Å²) in [7, 11) is 0. The zero-order valence-electron chi connectivity index (χ0n) is 9.52. The van der Waals surface area contributed by atoms with Gasteiger partial charge in [-0.25, -0.2) is 4.39 Å². The summed E-state index contributed by atoms with van der Waals surface area (Å²) < 4.78 is 13.2. The van der Waals surface area contributed by atoms with Gasteiger partial charge in [0, 0.05) is 28.7 Å². The minimum Gasteiger partial charge on any atom is -0.357 e. The summed E-state index contributed by atoms with van der Waals surface area (Å²) >= 11 is 0. The SMILES string of the molecule is CC1(C)Cc2c([nH]c3ccc(F)cc23)CN1. The third kappa shape index (κ3) is 1.43. The maximum atomic E-state index is 13.2. The van der Waals surface area contributed by atoms with Crippen molar-refractivity contribution in [2.45, 2.75) is 32.4 Å². The van der Waals surface area contributed by atoms with Crippen LogP contribution in [0.4, 0.5) is 4.39 Å². The van der Waals surface area contributed by atoms with E-state index in [1.54, 1.807) is 6.07 Å². The normalized spacial score (nSPS) is 18.7. The van der Waals surface area contributed by atoms with Crippen LogP contribution in [0.3, 0.4) is 0 Å². The van der Waals surface area contributed by atoms with Gasteiger partial charge in [-0.1, -0.05) is 0 Å². The molecule has 0 atom stereocenters. The highest BCUT2D eigenvalue weighted by Crippen LogP contribution is 2.30. The van der Waals surface area contributed by atoms with E-state index in [1.165, 1.54) is 17.3 Å². The van der Waals surface area contributed by atoms with E-state index >= 15 is 0 Å². The summed E-state index contributed by atoms with van der Waals surface area (Å²) in [6, 6.07) is 4.95. The summed E-state index contributed by atoms with van der Waals surface area (Å²) in [6.45, 7) is 5.18. The Morgan fingerprint density at radius 1 is 1.31 bits per heavy atom. The Labute approximate surface area is 93.9 Å². The van der Waals surface area contributed by atoms with Crippen molar-refractivity contribution in [1.82, 2.24) is 10.3 Å². The van der Waals surface area contributed by atoms with E-state index in [0.29, 0.717) is 0 Å². The van der Waals surface area contributed by atoms with Crippen LogP contribution < -0.4 is 5.32 Å². The van der Waals surface area contributed by atoms with Gasteiger partial charge < -0.3 is 10.3 Å². The lowest BCUT2D eigenvalue weighted by Gasteiger charge is -2.31. The molecule has 3 rings (SSSR count). The van der Waals surface area contributed by atoms with Crippen molar-refractivity contribution in [2.24, 2.45) is 0 Å². The predicted molar refractivity (Wildman–Crippen MR) is 62.9 cm³/mol. The molecule has 1 aliphatic rings. The Kier molecular flexibility index (Phi) is 1.89. The van der Waals surface area contributed by atoms with Crippen LogP contribution in [0.25, 0.3) is 10.9 Å². The van der Waals surface area contributed by atoms with Gasteiger partial charge in [-0.15, -0.1) is 0 Å². The third-order valence-corrected chi connectivity index (χ3v) is 3.32. The van der Waals surface area contributed by atoms with E-state index in [1.807, 2.05) is 6.07 Å². The molecular weight excluding hydrogens is 203 g/mol. The molecule has 0 fully saturated rings. The second-order valence-corrected chi connectivity index (χ2v) is 5.19. The Hall–Kier alpha value is -1.35. The lowest BCUT2D eigenvalue weighted by molar-refractivity contribution is 0.361. The maximum absolute atomic E-state index is 13.2. The lowest BCUT2D eigenvalue weighted by Crippen LogP contribution is -2.44. The van der Waals surface area contributed by atoms with Crippen LogP contribution in [0.1, 0.15) is 25.1 Å². The molecule has 2 N–H and O–H groups in total. The molecule has 0 aliphatic carbocycles. The molecule has 0 unspecified atom stereocenters. The molecule has 0 saturated heterocycles. The minimum atomic E-state index is -0.161. The summed E-state index contributed by atoms with van der Waals surface area (Å²) in [4.78, 5) is 3.35. The van der Waals surface area contributed by atoms with Gasteiger partial charge >= 0.3 is 0 Å². The van der Waals surface area contributed by atoms with Crippen LogP contribution in [0.2, 0.25) is 0 Å². The molecular formula is C13H15FN2. The Morgan fingerprint density at radius 2 is 2.12 bits per heavy atom. The molecule has 0 spiro atoms. The number of aromatic amines is 1. The molecule has 2 aromatic rings. The second-order valence-electron chi connectivity index (χ2n) is 5.19. The molecule has 0 radical (unpaired) electrons. The van der Waals surface area contributed by atoms with E-state index in [-0.39, 0.29) is 11.4 Å². The molecule has 3 heteroatoms. The highest BCUT2D eigenvalue weighted by molar-refractivity contribution is 5.85. The average Bonchev–Trinajstić information content (AvgIpc) is 2.55. The molecule has 1 aromatic carbocycles. The van der Waals surface area contributed by atoms with Crippen LogP contribution >= 0.6 is 0 Å². The highest BCUT2D eigenvalue weighted by Gasteiger charge is 2.27. The van der Waals surface area contributed by atoms with Gasteiger partial charge in [0.25, 0.3) is 0 Å². The summed E-state index contributed by atoms with van der Waals surface area (Å²) in [5.41, 5.74) is 3.58. The Morgan fingerprint density at radius 3 is 2.94 bits per heavy atom. The molecule has 2 nitrogen and oxygen atoms in total. The van der Waals surface area contributed by atoms with Crippen molar-refractivity contribution in [3.8, 4) is 0 Å². The number of fused-ring (bicyclic) bond motifs is 3. The van der Waals surface area contributed by atoms with Crippen LogP contribution in [-0.4, -0.2) is 10.5 Å². The van der Waals surface area contributed by atoms with E-state index in [9.17, 15) is 4.39 Å². The van der Waals surface area contributed by atoms with E-state index < -0.39 is 0 Å². The highest BCUT2D eigenvalue weighted by atomic mass is 19.1. The van der Waals surface area contributed by atoms with Crippen molar-refractivity contribution < 1.29 is 4.39 Å². The Bertz CT molecular complexity index is 554. The number of rotatable bonds is 0. The van der Waals surface area contributed by atoms with Gasteiger partial charge in [-0.2, -0.15) is 0 Å². The maximum Gasteiger partial charge on any atom is 0.123 e. The van der Waals surface area contributed by atoms with Gasteiger partial charge in [-0.05, 0) is 44.0 Å². The van der Waals surface area contributed by atoms with Crippen molar-refractivity contribution in [2.75, 3.05) is 0 Å². The smallest absolute Gasteiger partial charge is 0.123 e. The fourth-order valence-corrected chi connectivity index (χ4v) is 2.46. The van der Waals surface area contributed by atoms with Crippen molar-refractivity contribution in [3.63, 3.8) is 0 Å². The minimum absolute atomic E-state index is 0.0917. The Balaban J connectivity index is 2.23. The first kappa shape index (κ1) is 9.85. The first-order valence-electron chi connectivity index (χ1n) is 5.59. The molecule has 84 valence electrons. The number of halogens is 1. The topological polar surface area (TPSA) is 27.8 Å². The lowest BCUT2D eigenvalue weighted by atomic mass is 9.89. The number of hydrogen-bond acceptors (Lipinski definition) is 1. The van der Waals surface area contributed by atoms with Crippen LogP contribution in [0.15, 0.2) is 18.2 Å². The largest absolute Gasteiger partial charge is 0.357 e. The second kappa shape index (κ2) is 3.08. The molecule has 2 heterocycles.